The van der Waals surface area contributed by atoms with Crippen LogP contribution < -0.4 is 27.4 Å². The third-order valence-corrected chi connectivity index (χ3v) is 5.12. The van der Waals surface area contributed by atoms with Crippen molar-refractivity contribution in [2.75, 3.05) is 18.9 Å². The third-order valence-electron chi connectivity index (χ3n) is 4.75. The Balaban J connectivity index is 4.96. The van der Waals surface area contributed by atoms with Crippen molar-refractivity contribution in [1.29, 1.82) is 0 Å². The van der Waals surface area contributed by atoms with Crippen LogP contribution in [-0.4, -0.2) is 77.0 Å². The summed E-state index contributed by atoms with van der Waals surface area (Å²) in [7, 11) is 0. The Bertz CT molecular complexity index is 579. The molecule has 30 heavy (non-hydrogen) atoms. The normalized spacial score (nSPS) is 15.9. The highest BCUT2D eigenvalue weighted by atomic mass is 32.1. The molecular weight excluding hydrogens is 414 g/mol. The van der Waals surface area contributed by atoms with E-state index >= 15 is 0 Å². The second-order valence-corrected chi connectivity index (χ2v) is 7.45. The number of amides is 3. The molecule has 0 bridgehead atoms. The molecule has 0 saturated carbocycles. The number of rotatable bonds is 15. The largest absolute Gasteiger partial charge is 0.480 e. The van der Waals surface area contributed by atoms with Crippen molar-refractivity contribution in [3.05, 3.63) is 0 Å². The number of carboxylic acids is 1. The number of nitrogens with one attached hydrogen (secondary N) is 3. The fourth-order valence-corrected chi connectivity index (χ4v) is 2.72. The molecule has 0 aromatic carbocycles. The monoisotopic (exact) mass is 449 g/mol. The molecule has 12 heteroatoms. The predicted octanol–water partition coefficient (Wildman–Crippen LogP) is -2.05. The van der Waals surface area contributed by atoms with Crippen LogP contribution in [0.5, 0.6) is 0 Å². The minimum absolute atomic E-state index is 0.120. The van der Waals surface area contributed by atoms with E-state index in [1.54, 1.807) is 6.92 Å². The number of nitrogens with two attached hydrogens (primary N) is 2. The quantitative estimate of drug-likeness (QED) is 0.103. The van der Waals surface area contributed by atoms with Gasteiger partial charge >= 0.3 is 5.97 Å². The van der Waals surface area contributed by atoms with Gasteiger partial charge in [-0.3, -0.25) is 14.4 Å². The molecule has 0 aliphatic carbocycles. The third kappa shape index (κ3) is 9.74. The van der Waals surface area contributed by atoms with Crippen LogP contribution in [0.1, 0.15) is 39.5 Å². The fraction of sp³-hybridized carbons (Fsp3) is 0.778. The molecule has 0 aliphatic rings. The van der Waals surface area contributed by atoms with Gasteiger partial charge in [0, 0.05) is 5.75 Å². The van der Waals surface area contributed by atoms with Crippen molar-refractivity contribution in [2.24, 2.45) is 17.4 Å². The molecule has 5 unspecified atom stereocenters. The van der Waals surface area contributed by atoms with Crippen molar-refractivity contribution in [3.63, 3.8) is 0 Å². The summed E-state index contributed by atoms with van der Waals surface area (Å²) >= 11 is 4.02. The van der Waals surface area contributed by atoms with Crippen LogP contribution in [0.4, 0.5) is 0 Å². The standard InChI is InChI=1S/C18H35N5O6S/c1-3-10(2)14(20)17(27)22-12(8-24)15(25)23-13(9-30)16(26)21-11(18(28)29)6-4-5-7-19/h10-14,24,30H,3-9,19-20H2,1-2H3,(H,21,26)(H,22,27)(H,23,25)(H,28,29). The van der Waals surface area contributed by atoms with E-state index in [9.17, 15) is 29.4 Å². The number of aliphatic hydroxyl groups excluding tert-OH is 1. The first-order valence-corrected chi connectivity index (χ1v) is 10.6. The molecule has 0 aromatic heterocycles. The topological polar surface area (TPSA) is 197 Å². The number of aliphatic hydroxyl groups is 1. The van der Waals surface area contributed by atoms with Gasteiger partial charge in [0.2, 0.25) is 17.7 Å². The molecule has 0 heterocycles. The zero-order chi connectivity index (χ0) is 23.3. The van der Waals surface area contributed by atoms with Crippen molar-refractivity contribution < 1.29 is 29.4 Å². The van der Waals surface area contributed by atoms with E-state index in [4.69, 9.17) is 11.5 Å². The summed E-state index contributed by atoms with van der Waals surface area (Å²) in [6.45, 7) is 3.35. The Morgan fingerprint density at radius 2 is 1.50 bits per heavy atom. The van der Waals surface area contributed by atoms with Crippen LogP contribution in [0.25, 0.3) is 0 Å². The van der Waals surface area contributed by atoms with E-state index in [2.05, 4.69) is 28.6 Å². The van der Waals surface area contributed by atoms with Gasteiger partial charge in [-0.05, 0) is 31.7 Å². The number of carbonyl (C=O) groups is 4. The first-order chi connectivity index (χ1) is 14.1. The molecule has 9 N–H and O–H groups in total. The van der Waals surface area contributed by atoms with Gasteiger partial charge in [0.1, 0.15) is 18.1 Å². The summed E-state index contributed by atoms with van der Waals surface area (Å²) in [4.78, 5) is 48.3. The van der Waals surface area contributed by atoms with E-state index in [0.717, 1.165) is 0 Å². The highest BCUT2D eigenvalue weighted by Gasteiger charge is 2.30. The number of hydrogen-bond donors (Lipinski definition) is 8. The molecule has 0 aliphatic heterocycles. The Kier molecular flexibility index (Phi) is 14.0. The lowest BCUT2D eigenvalue weighted by Crippen LogP contribution is -2.59. The van der Waals surface area contributed by atoms with Crippen LogP contribution in [0.15, 0.2) is 0 Å². The van der Waals surface area contributed by atoms with E-state index in [-0.39, 0.29) is 18.1 Å². The molecule has 0 radical (unpaired) electrons. The van der Waals surface area contributed by atoms with E-state index in [0.29, 0.717) is 25.8 Å². The summed E-state index contributed by atoms with van der Waals surface area (Å²) in [6, 6.07) is -4.47. The number of unbranched alkanes of at least 4 members (excludes halogenated alkanes) is 1. The van der Waals surface area contributed by atoms with Gasteiger partial charge in [-0.1, -0.05) is 20.3 Å². The maximum Gasteiger partial charge on any atom is 0.326 e. The number of thiol groups is 1. The number of carbonyl (C=O) groups excluding carboxylic acids is 3. The maximum absolute atomic E-state index is 12.4. The highest BCUT2D eigenvalue weighted by molar-refractivity contribution is 7.80. The predicted molar refractivity (Wildman–Crippen MR) is 115 cm³/mol. The van der Waals surface area contributed by atoms with Crippen molar-refractivity contribution in [3.8, 4) is 0 Å². The van der Waals surface area contributed by atoms with Crippen molar-refractivity contribution in [1.82, 2.24) is 16.0 Å². The molecule has 5 atom stereocenters. The summed E-state index contributed by atoms with van der Waals surface area (Å²) in [5.74, 6) is -3.61. The number of aliphatic carboxylic acids is 1. The maximum atomic E-state index is 12.4. The zero-order valence-corrected chi connectivity index (χ0v) is 18.4. The average molecular weight is 450 g/mol. The van der Waals surface area contributed by atoms with Crippen molar-refractivity contribution in [2.45, 2.75) is 63.7 Å². The lowest BCUT2D eigenvalue weighted by molar-refractivity contribution is -0.142. The van der Waals surface area contributed by atoms with Gasteiger partial charge in [0.05, 0.1) is 12.6 Å². The first kappa shape index (κ1) is 28.1. The van der Waals surface area contributed by atoms with Gasteiger partial charge in [0.25, 0.3) is 0 Å². The van der Waals surface area contributed by atoms with Crippen LogP contribution in [-0.2, 0) is 19.2 Å². The van der Waals surface area contributed by atoms with Crippen LogP contribution >= 0.6 is 12.6 Å². The van der Waals surface area contributed by atoms with E-state index in [1.807, 2.05) is 6.92 Å². The Morgan fingerprint density at radius 3 is 1.97 bits per heavy atom. The Morgan fingerprint density at radius 1 is 0.967 bits per heavy atom. The molecule has 0 spiro atoms. The van der Waals surface area contributed by atoms with E-state index < -0.39 is 54.5 Å². The van der Waals surface area contributed by atoms with Crippen LogP contribution in [0.2, 0.25) is 0 Å². The lowest BCUT2D eigenvalue weighted by Gasteiger charge is -2.24. The molecule has 0 fully saturated rings. The summed E-state index contributed by atoms with van der Waals surface area (Å²) in [6.07, 6.45) is 1.97. The highest BCUT2D eigenvalue weighted by Crippen LogP contribution is 2.06. The first-order valence-electron chi connectivity index (χ1n) is 9.94. The molecular formula is C18H35N5O6S. The van der Waals surface area contributed by atoms with Gasteiger partial charge in [0.15, 0.2) is 0 Å². The number of carboxylic acid groups (broad SMARTS) is 1. The molecule has 3 amide bonds. The second kappa shape index (κ2) is 15.0. The molecule has 0 saturated heterocycles. The van der Waals surface area contributed by atoms with Gasteiger partial charge in [-0.2, -0.15) is 12.6 Å². The zero-order valence-electron chi connectivity index (χ0n) is 17.5. The Labute approximate surface area is 182 Å². The SMILES string of the molecule is CCC(C)C(N)C(=O)NC(CO)C(=O)NC(CS)C(=O)NC(CCCCN)C(=O)O. The summed E-state index contributed by atoms with van der Waals surface area (Å²) in [5.41, 5.74) is 11.2. The second-order valence-electron chi connectivity index (χ2n) is 7.08. The average Bonchev–Trinajstić information content (AvgIpc) is 2.73. The lowest BCUT2D eigenvalue weighted by atomic mass is 9.99. The van der Waals surface area contributed by atoms with Crippen molar-refractivity contribution >= 4 is 36.3 Å². The summed E-state index contributed by atoms with van der Waals surface area (Å²) in [5, 5.41) is 25.8. The minimum atomic E-state index is -1.32. The number of hydrogen-bond acceptors (Lipinski definition) is 8. The van der Waals surface area contributed by atoms with Crippen LogP contribution in [0.3, 0.4) is 0 Å². The minimum Gasteiger partial charge on any atom is -0.480 e. The molecule has 174 valence electrons. The molecule has 0 rings (SSSR count). The van der Waals surface area contributed by atoms with Gasteiger partial charge in [-0.25, -0.2) is 4.79 Å². The smallest absolute Gasteiger partial charge is 0.326 e. The van der Waals surface area contributed by atoms with Gasteiger partial charge in [-0.15, -0.1) is 0 Å². The van der Waals surface area contributed by atoms with E-state index in [1.165, 1.54) is 0 Å². The van der Waals surface area contributed by atoms with Gasteiger partial charge < -0.3 is 37.6 Å². The molecule has 0 aromatic rings. The Hall–Kier alpha value is -1.89. The van der Waals surface area contributed by atoms with Crippen LogP contribution in [0, 0.1) is 5.92 Å². The summed E-state index contributed by atoms with van der Waals surface area (Å²) < 4.78 is 0. The molecule has 11 nitrogen and oxygen atoms in total. The fourth-order valence-electron chi connectivity index (χ4n) is 2.46.